The van der Waals surface area contributed by atoms with Crippen LogP contribution in [0.5, 0.6) is 5.75 Å². The molecule has 0 atom stereocenters. The molecule has 0 aliphatic rings. The van der Waals surface area contributed by atoms with Gasteiger partial charge >= 0.3 is 0 Å². The Hall–Kier alpha value is -1.55. The van der Waals surface area contributed by atoms with Gasteiger partial charge < -0.3 is 4.74 Å². The average Bonchev–Trinajstić information content (AvgIpc) is 2.37. The predicted octanol–water partition coefficient (Wildman–Crippen LogP) is 2.66. The monoisotopic (exact) mass is 264 g/mol. The molecular formula is C15H24N2O2. The van der Waals surface area contributed by atoms with Crippen molar-refractivity contribution in [3.05, 3.63) is 29.3 Å². The van der Waals surface area contributed by atoms with E-state index in [0.717, 1.165) is 18.6 Å². The summed E-state index contributed by atoms with van der Waals surface area (Å²) in [5.41, 5.74) is 4.55. The Balaban J connectivity index is 2.44. The maximum Gasteiger partial charge on any atom is 0.233 e. The third-order valence-electron chi connectivity index (χ3n) is 3.01. The Bertz CT molecular complexity index is 417. The first-order valence-electron chi connectivity index (χ1n) is 6.77. The van der Waals surface area contributed by atoms with Gasteiger partial charge in [-0.15, -0.1) is 0 Å². The van der Waals surface area contributed by atoms with Gasteiger partial charge in [0.1, 0.15) is 5.75 Å². The third-order valence-corrected chi connectivity index (χ3v) is 3.01. The molecule has 0 unspecified atom stereocenters. The van der Waals surface area contributed by atoms with E-state index in [1.807, 2.05) is 0 Å². The molecule has 4 heteroatoms. The maximum absolute atomic E-state index is 11.0. The van der Waals surface area contributed by atoms with E-state index >= 15 is 0 Å². The maximum atomic E-state index is 11.0. The lowest BCUT2D eigenvalue weighted by molar-refractivity contribution is -0.121. The molecule has 0 aliphatic heterocycles. The summed E-state index contributed by atoms with van der Waals surface area (Å²) in [6, 6.07) is 6.30. The number of ether oxygens (including phenoxy) is 1. The minimum Gasteiger partial charge on any atom is -0.493 e. The lowest BCUT2D eigenvalue weighted by Gasteiger charge is -2.14. The van der Waals surface area contributed by atoms with Crippen LogP contribution < -0.4 is 16.0 Å². The van der Waals surface area contributed by atoms with E-state index in [-0.39, 0.29) is 5.91 Å². The third kappa shape index (κ3) is 5.30. The Morgan fingerprint density at radius 3 is 2.74 bits per heavy atom. The van der Waals surface area contributed by atoms with Gasteiger partial charge in [0.05, 0.1) is 6.61 Å². The van der Waals surface area contributed by atoms with Gasteiger partial charge in [0.2, 0.25) is 5.91 Å². The molecule has 106 valence electrons. The minimum absolute atomic E-state index is 0.126. The highest BCUT2D eigenvalue weighted by atomic mass is 16.5. The zero-order valence-corrected chi connectivity index (χ0v) is 12.0. The first-order valence-corrected chi connectivity index (χ1v) is 6.77. The van der Waals surface area contributed by atoms with Crippen molar-refractivity contribution < 1.29 is 9.53 Å². The van der Waals surface area contributed by atoms with Gasteiger partial charge in [-0.3, -0.25) is 10.2 Å². The Morgan fingerprint density at radius 1 is 1.37 bits per heavy atom. The summed E-state index contributed by atoms with van der Waals surface area (Å²) in [4.78, 5) is 11.0. The molecular weight excluding hydrogens is 240 g/mol. The quantitative estimate of drug-likeness (QED) is 0.344. The second-order valence-corrected chi connectivity index (χ2v) is 5.07. The van der Waals surface area contributed by atoms with Gasteiger partial charge in [0.15, 0.2) is 0 Å². The molecule has 0 bridgehead atoms. The van der Waals surface area contributed by atoms with Crippen LogP contribution >= 0.6 is 0 Å². The summed E-state index contributed by atoms with van der Waals surface area (Å²) in [6.07, 6.45) is 2.08. The van der Waals surface area contributed by atoms with E-state index in [9.17, 15) is 4.79 Å². The number of aryl methyl sites for hydroxylation is 1. The van der Waals surface area contributed by atoms with E-state index in [0.29, 0.717) is 18.9 Å². The summed E-state index contributed by atoms with van der Waals surface area (Å²) < 4.78 is 5.83. The molecule has 0 saturated heterocycles. The molecule has 0 heterocycles. The Labute approximate surface area is 115 Å². The van der Waals surface area contributed by atoms with Crippen molar-refractivity contribution in [3.63, 3.8) is 0 Å². The number of carbonyl (C=O) groups is 1. The van der Waals surface area contributed by atoms with E-state index in [2.05, 4.69) is 44.4 Å². The number of nitrogens with two attached hydrogens (primary N) is 1. The van der Waals surface area contributed by atoms with Crippen LogP contribution in [0.3, 0.4) is 0 Å². The second kappa shape index (κ2) is 7.79. The topological polar surface area (TPSA) is 64.3 Å². The van der Waals surface area contributed by atoms with Gasteiger partial charge in [-0.1, -0.05) is 26.0 Å². The number of nitrogens with one attached hydrogen (secondary N) is 1. The fourth-order valence-electron chi connectivity index (χ4n) is 1.89. The first-order chi connectivity index (χ1) is 9.04. The second-order valence-electron chi connectivity index (χ2n) is 5.07. The molecule has 0 fully saturated rings. The number of carbonyl (C=O) groups excluding carboxylic acids is 1. The molecule has 0 saturated carbocycles. The zero-order valence-electron chi connectivity index (χ0n) is 12.0. The van der Waals surface area contributed by atoms with Crippen LogP contribution in [0, 0.1) is 6.92 Å². The number of rotatable bonds is 7. The SMILES string of the molecule is Cc1ccc(C(C)C)c(OCCCCC(=O)NN)c1. The van der Waals surface area contributed by atoms with E-state index in [1.165, 1.54) is 11.1 Å². The van der Waals surface area contributed by atoms with Crippen molar-refractivity contribution in [3.8, 4) is 5.75 Å². The van der Waals surface area contributed by atoms with Crippen molar-refractivity contribution >= 4 is 5.91 Å². The van der Waals surface area contributed by atoms with Crippen LogP contribution in [0.2, 0.25) is 0 Å². The molecule has 1 aromatic rings. The smallest absolute Gasteiger partial charge is 0.233 e. The van der Waals surface area contributed by atoms with Crippen molar-refractivity contribution in [1.29, 1.82) is 0 Å². The van der Waals surface area contributed by atoms with E-state index in [4.69, 9.17) is 10.6 Å². The van der Waals surface area contributed by atoms with E-state index in [1.54, 1.807) is 0 Å². The van der Waals surface area contributed by atoms with Crippen molar-refractivity contribution in [2.45, 2.75) is 46.0 Å². The number of amides is 1. The molecule has 0 aromatic heterocycles. The van der Waals surface area contributed by atoms with Gasteiger partial charge in [0, 0.05) is 6.42 Å². The minimum atomic E-state index is -0.126. The predicted molar refractivity (Wildman–Crippen MR) is 76.9 cm³/mol. The van der Waals surface area contributed by atoms with Crippen LogP contribution in [0.4, 0.5) is 0 Å². The summed E-state index contributed by atoms with van der Waals surface area (Å²) in [5.74, 6) is 6.29. The highest BCUT2D eigenvalue weighted by molar-refractivity contribution is 5.75. The molecule has 1 amide bonds. The fourth-order valence-corrected chi connectivity index (χ4v) is 1.89. The van der Waals surface area contributed by atoms with Crippen LogP contribution in [-0.2, 0) is 4.79 Å². The lowest BCUT2D eigenvalue weighted by Crippen LogP contribution is -2.29. The van der Waals surface area contributed by atoms with Crippen LogP contribution in [-0.4, -0.2) is 12.5 Å². The summed E-state index contributed by atoms with van der Waals surface area (Å²) in [7, 11) is 0. The molecule has 3 N–H and O–H groups in total. The zero-order chi connectivity index (χ0) is 14.3. The average molecular weight is 264 g/mol. The normalized spacial score (nSPS) is 10.6. The van der Waals surface area contributed by atoms with Gasteiger partial charge in [0.25, 0.3) is 0 Å². The Kier molecular flexibility index (Phi) is 6.36. The Morgan fingerprint density at radius 2 is 2.11 bits per heavy atom. The summed E-state index contributed by atoms with van der Waals surface area (Å²) in [5, 5.41) is 0. The van der Waals surface area contributed by atoms with Crippen LogP contribution in [0.15, 0.2) is 18.2 Å². The molecule has 0 spiro atoms. The first kappa shape index (κ1) is 15.5. The van der Waals surface area contributed by atoms with Crippen molar-refractivity contribution in [2.24, 2.45) is 5.84 Å². The highest BCUT2D eigenvalue weighted by Crippen LogP contribution is 2.27. The fraction of sp³-hybridized carbons (Fsp3) is 0.533. The number of unbranched alkanes of at least 4 members (excludes halogenated alkanes) is 1. The number of hydrazine groups is 1. The van der Waals surface area contributed by atoms with Crippen LogP contribution in [0.25, 0.3) is 0 Å². The lowest BCUT2D eigenvalue weighted by atomic mass is 10.0. The summed E-state index contributed by atoms with van der Waals surface area (Å²) in [6.45, 7) is 7.00. The number of hydrogen-bond donors (Lipinski definition) is 2. The van der Waals surface area contributed by atoms with Gasteiger partial charge in [-0.05, 0) is 42.9 Å². The molecule has 1 aromatic carbocycles. The molecule has 19 heavy (non-hydrogen) atoms. The van der Waals surface area contributed by atoms with Crippen molar-refractivity contribution in [2.75, 3.05) is 6.61 Å². The number of hydrogen-bond acceptors (Lipinski definition) is 3. The van der Waals surface area contributed by atoms with Gasteiger partial charge in [-0.2, -0.15) is 0 Å². The van der Waals surface area contributed by atoms with Crippen LogP contribution in [0.1, 0.15) is 50.2 Å². The largest absolute Gasteiger partial charge is 0.493 e. The molecule has 0 aliphatic carbocycles. The molecule has 4 nitrogen and oxygen atoms in total. The number of benzene rings is 1. The van der Waals surface area contributed by atoms with E-state index < -0.39 is 0 Å². The summed E-state index contributed by atoms with van der Waals surface area (Å²) >= 11 is 0. The van der Waals surface area contributed by atoms with Gasteiger partial charge in [-0.25, -0.2) is 5.84 Å². The standard InChI is InChI=1S/C15H24N2O2/c1-11(2)13-8-7-12(3)10-14(13)19-9-5-4-6-15(18)17-16/h7-8,10-11H,4-6,9,16H2,1-3H3,(H,17,18). The molecule has 0 radical (unpaired) electrons. The molecule has 1 rings (SSSR count). The van der Waals surface area contributed by atoms with Crippen molar-refractivity contribution in [1.82, 2.24) is 5.43 Å². The highest BCUT2D eigenvalue weighted by Gasteiger charge is 2.08.